The number of hydrogen-bond donors (Lipinski definition) is 3. The summed E-state index contributed by atoms with van der Waals surface area (Å²) in [5.41, 5.74) is 0.801. The average molecular weight is 646 g/mol. The van der Waals surface area contributed by atoms with Gasteiger partial charge < -0.3 is 25.2 Å². The number of nitrogens with one attached hydrogen (secondary N) is 1. The smallest absolute Gasteiger partial charge is 0.319 e. The van der Waals surface area contributed by atoms with E-state index in [9.17, 15) is 10.2 Å². The van der Waals surface area contributed by atoms with Gasteiger partial charge in [-0.1, -0.05) is 48.7 Å². The van der Waals surface area contributed by atoms with E-state index in [-0.39, 0.29) is 51.5 Å². The van der Waals surface area contributed by atoms with Gasteiger partial charge in [0.15, 0.2) is 5.82 Å². The molecule has 1 aromatic heterocycles. The molecule has 4 aliphatic rings. The second-order valence-corrected chi connectivity index (χ2v) is 14.6. The van der Waals surface area contributed by atoms with Crippen molar-refractivity contribution in [3.8, 4) is 22.9 Å². The molecule has 10 heteroatoms. The molecular formula is C36H41ClFN5O3. The van der Waals surface area contributed by atoms with Crippen LogP contribution in [0, 0.1) is 11.7 Å². The van der Waals surface area contributed by atoms with Crippen LogP contribution < -0.4 is 15.0 Å². The Hall–Kier alpha value is -3.24. The number of piperazine rings is 1. The van der Waals surface area contributed by atoms with Crippen LogP contribution in [0.4, 0.5) is 10.2 Å². The first-order valence-corrected chi connectivity index (χ1v) is 17.1. The minimum atomic E-state index is -0.561. The molecule has 3 saturated heterocycles. The van der Waals surface area contributed by atoms with Crippen molar-refractivity contribution in [1.82, 2.24) is 20.2 Å². The third-order valence-corrected chi connectivity index (χ3v) is 11.1. The van der Waals surface area contributed by atoms with E-state index in [0.29, 0.717) is 29.4 Å². The molecule has 5 atom stereocenters. The number of benzene rings is 3. The normalized spacial score (nSPS) is 28.4. The highest BCUT2D eigenvalue weighted by Crippen LogP contribution is 2.43. The number of phenolic OH excluding ortho intramolecular Hbond substituents is 1. The van der Waals surface area contributed by atoms with Gasteiger partial charge >= 0.3 is 6.01 Å². The number of rotatable bonds is 6. The van der Waals surface area contributed by atoms with Gasteiger partial charge in [-0.2, -0.15) is 9.97 Å². The third-order valence-electron chi connectivity index (χ3n) is 10.8. The molecule has 2 bridgehead atoms. The first-order chi connectivity index (χ1) is 22.2. The molecule has 4 heterocycles. The van der Waals surface area contributed by atoms with E-state index in [1.807, 2.05) is 24.3 Å². The Morgan fingerprint density at radius 3 is 2.76 bits per heavy atom. The maximum Gasteiger partial charge on any atom is 0.319 e. The predicted molar refractivity (Wildman–Crippen MR) is 179 cm³/mol. The second kappa shape index (κ2) is 11.8. The molecular weight excluding hydrogens is 605 g/mol. The van der Waals surface area contributed by atoms with Crippen LogP contribution in [-0.2, 0) is 0 Å². The molecule has 3 aromatic carbocycles. The molecule has 242 valence electrons. The Morgan fingerprint density at radius 1 is 1.07 bits per heavy atom. The zero-order valence-corrected chi connectivity index (χ0v) is 26.9. The van der Waals surface area contributed by atoms with Crippen LogP contribution >= 0.6 is 11.6 Å². The molecule has 1 saturated carbocycles. The van der Waals surface area contributed by atoms with E-state index in [1.165, 1.54) is 0 Å². The fraction of sp³-hybridized carbons (Fsp3) is 0.500. The van der Waals surface area contributed by atoms with E-state index < -0.39 is 5.82 Å². The molecule has 0 amide bonds. The van der Waals surface area contributed by atoms with E-state index in [0.717, 1.165) is 81.9 Å². The molecule has 0 radical (unpaired) electrons. The van der Waals surface area contributed by atoms with Gasteiger partial charge in [0, 0.05) is 54.1 Å². The van der Waals surface area contributed by atoms with Crippen LogP contribution in [0.5, 0.6) is 11.8 Å². The summed E-state index contributed by atoms with van der Waals surface area (Å²) < 4.78 is 23.2. The van der Waals surface area contributed by atoms with Gasteiger partial charge in [-0.25, -0.2) is 4.39 Å². The molecule has 4 fully saturated rings. The number of hydrogen-bond acceptors (Lipinski definition) is 8. The van der Waals surface area contributed by atoms with Gasteiger partial charge in [-0.3, -0.25) is 4.90 Å². The van der Waals surface area contributed by atoms with Crippen LogP contribution in [0.25, 0.3) is 32.8 Å². The minimum Gasteiger partial charge on any atom is -0.508 e. The summed E-state index contributed by atoms with van der Waals surface area (Å²) in [4.78, 5) is 14.3. The number of aromatic hydroxyl groups is 1. The summed E-state index contributed by atoms with van der Waals surface area (Å²) in [5, 5.41) is 27.3. The highest BCUT2D eigenvalue weighted by atomic mass is 35.5. The van der Waals surface area contributed by atoms with Gasteiger partial charge in [-0.15, -0.1) is 0 Å². The van der Waals surface area contributed by atoms with Crippen LogP contribution in [0.2, 0.25) is 5.02 Å². The van der Waals surface area contributed by atoms with Crippen molar-refractivity contribution >= 4 is 39.1 Å². The molecule has 8 rings (SSSR count). The van der Waals surface area contributed by atoms with Crippen molar-refractivity contribution in [3.63, 3.8) is 0 Å². The molecule has 3 aliphatic heterocycles. The molecule has 0 spiro atoms. The average Bonchev–Trinajstić information content (AvgIpc) is 3.62. The van der Waals surface area contributed by atoms with Gasteiger partial charge in [0.05, 0.1) is 17.7 Å². The Kier molecular flexibility index (Phi) is 7.71. The molecule has 1 aliphatic carbocycles. The first-order valence-electron chi connectivity index (χ1n) is 16.7. The summed E-state index contributed by atoms with van der Waals surface area (Å²) in [7, 11) is 0. The SMILES string of the molecule is C[C@]12CC[C@H](CN(c3nc(OC[C@@H]4CCN(C5CCCCC5O)C4)nc4c(F)c(-c5cc(O)cc6ccccc56)c(Cl)cc34)C1)N2. The quantitative estimate of drug-likeness (QED) is 0.226. The summed E-state index contributed by atoms with van der Waals surface area (Å²) in [6, 6.07) is 13.2. The highest BCUT2D eigenvalue weighted by molar-refractivity contribution is 6.35. The van der Waals surface area contributed by atoms with E-state index in [2.05, 4.69) is 27.0 Å². The lowest BCUT2D eigenvalue weighted by Gasteiger charge is -2.40. The Bertz CT molecular complexity index is 1810. The Labute approximate surface area is 273 Å². The lowest BCUT2D eigenvalue weighted by atomic mass is 9.91. The molecule has 2 unspecified atom stereocenters. The van der Waals surface area contributed by atoms with Crippen molar-refractivity contribution in [2.45, 2.75) is 75.6 Å². The molecule has 46 heavy (non-hydrogen) atoms. The topological polar surface area (TPSA) is 94.0 Å². The van der Waals surface area contributed by atoms with E-state index in [1.54, 1.807) is 18.2 Å². The van der Waals surface area contributed by atoms with Crippen molar-refractivity contribution in [1.29, 1.82) is 0 Å². The third kappa shape index (κ3) is 5.45. The number of aromatic nitrogens is 2. The number of fused-ring (bicyclic) bond motifs is 4. The summed E-state index contributed by atoms with van der Waals surface area (Å²) in [6.45, 7) is 5.93. The maximum absolute atomic E-state index is 16.9. The van der Waals surface area contributed by atoms with Gasteiger partial charge in [-0.05, 0) is 80.1 Å². The van der Waals surface area contributed by atoms with Crippen LogP contribution in [0.3, 0.4) is 0 Å². The number of likely N-dealkylation sites (tertiary alicyclic amines) is 1. The van der Waals surface area contributed by atoms with Crippen molar-refractivity contribution in [2.75, 3.05) is 37.7 Å². The number of ether oxygens (including phenoxy) is 1. The van der Waals surface area contributed by atoms with Crippen LogP contribution in [0.1, 0.15) is 51.9 Å². The first kappa shape index (κ1) is 30.1. The standard InChI is InChI=1S/C36H41ClFN5O3/c1-36-12-10-23(41-36)18-43(20-36)34-27-16-28(37)31(26-15-24(44)14-22-6-2-3-7-25(22)26)32(38)33(27)39-35(40-34)46-19-21-11-13-42(17-21)29-8-4-5-9-30(29)45/h2-3,6-7,14-16,21,23,29-30,41,44-45H,4-5,8-13,17-20H2,1H3/t21-,23-,29?,30?,36+/m1/s1. The van der Waals surface area contributed by atoms with Crippen molar-refractivity contribution in [2.24, 2.45) is 5.92 Å². The monoisotopic (exact) mass is 645 g/mol. The number of aliphatic hydroxyl groups is 1. The minimum absolute atomic E-state index is 0.0348. The Morgan fingerprint density at radius 2 is 1.91 bits per heavy atom. The second-order valence-electron chi connectivity index (χ2n) is 14.2. The summed E-state index contributed by atoms with van der Waals surface area (Å²) in [5.74, 6) is 0.378. The summed E-state index contributed by atoms with van der Waals surface area (Å²) >= 11 is 6.92. The number of halogens is 2. The van der Waals surface area contributed by atoms with Crippen LogP contribution in [-0.4, -0.2) is 81.6 Å². The van der Waals surface area contributed by atoms with E-state index >= 15 is 4.39 Å². The number of anilines is 1. The van der Waals surface area contributed by atoms with Gasteiger partial charge in [0.1, 0.15) is 17.1 Å². The van der Waals surface area contributed by atoms with Gasteiger partial charge in [0.2, 0.25) is 0 Å². The number of nitrogens with zero attached hydrogens (tertiary/aromatic N) is 4. The molecule has 8 nitrogen and oxygen atoms in total. The predicted octanol–water partition coefficient (Wildman–Crippen LogP) is 6.28. The highest BCUT2D eigenvalue weighted by Gasteiger charge is 2.42. The number of aliphatic hydroxyl groups excluding tert-OH is 1. The fourth-order valence-corrected chi connectivity index (χ4v) is 8.82. The largest absolute Gasteiger partial charge is 0.508 e. The maximum atomic E-state index is 16.9. The molecule has 4 aromatic rings. The number of phenols is 1. The van der Waals surface area contributed by atoms with E-state index in [4.69, 9.17) is 21.3 Å². The summed E-state index contributed by atoms with van der Waals surface area (Å²) in [6.07, 6.45) is 7.03. The Balaban J connectivity index is 1.17. The lowest BCUT2D eigenvalue weighted by Crippen LogP contribution is -2.58. The zero-order chi connectivity index (χ0) is 31.6. The van der Waals surface area contributed by atoms with Gasteiger partial charge in [0.25, 0.3) is 0 Å². The lowest BCUT2D eigenvalue weighted by molar-refractivity contribution is 0.0283. The van der Waals surface area contributed by atoms with Crippen molar-refractivity contribution < 1.29 is 19.3 Å². The van der Waals surface area contributed by atoms with Crippen LogP contribution in [0.15, 0.2) is 42.5 Å². The zero-order valence-electron chi connectivity index (χ0n) is 26.2. The fourth-order valence-electron chi connectivity index (χ4n) is 8.53. The molecule has 3 N–H and O–H groups in total. The van der Waals surface area contributed by atoms with Crippen molar-refractivity contribution in [3.05, 3.63) is 53.3 Å².